The quantitative estimate of drug-likeness (QED) is 0.637. The summed E-state index contributed by atoms with van der Waals surface area (Å²) in [6.07, 6.45) is 3.05. The molecule has 0 amide bonds. The lowest BCUT2D eigenvalue weighted by Gasteiger charge is -2.11. The molecule has 0 aliphatic carbocycles. The van der Waals surface area contributed by atoms with Gasteiger partial charge in [-0.2, -0.15) is 5.10 Å². The van der Waals surface area contributed by atoms with Crippen molar-refractivity contribution in [1.82, 2.24) is 14.8 Å². The third kappa shape index (κ3) is 1.05. The zero-order valence-corrected chi connectivity index (χ0v) is 7.92. The predicted octanol–water partition coefficient (Wildman–Crippen LogP) is 1.93. The smallest absolute Gasteiger partial charge is 0.122 e. The largest absolute Gasteiger partial charge is 0.256 e. The molecule has 1 aliphatic rings. The molecule has 1 aliphatic heterocycles. The number of rotatable bonds is 0. The van der Waals surface area contributed by atoms with Gasteiger partial charge in [0.2, 0.25) is 0 Å². The monoisotopic (exact) mass is 191 g/mol. The highest BCUT2D eigenvalue weighted by atomic mass is 32.2. The Hall–Kier alpha value is -1.03. The minimum Gasteiger partial charge on any atom is -0.256 e. The standard InChI is InChI=1S/C9H9N3S/c1-3-7-8(10-4-1)9-12(11-7)5-2-6-13-9/h1,3-4H,2,5-6H2. The van der Waals surface area contributed by atoms with E-state index >= 15 is 0 Å². The van der Waals surface area contributed by atoms with E-state index in [1.54, 1.807) is 0 Å². The van der Waals surface area contributed by atoms with Gasteiger partial charge in [-0.05, 0) is 18.6 Å². The molecule has 3 nitrogen and oxygen atoms in total. The van der Waals surface area contributed by atoms with E-state index < -0.39 is 0 Å². The van der Waals surface area contributed by atoms with E-state index in [1.165, 1.54) is 17.2 Å². The van der Waals surface area contributed by atoms with Gasteiger partial charge in [0.05, 0.1) is 0 Å². The fourth-order valence-electron chi connectivity index (χ4n) is 1.62. The van der Waals surface area contributed by atoms with E-state index in [4.69, 9.17) is 0 Å². The number of hydrogen-bond donors (Lipinski definition) is 0. The number of pyridine rings is 1. The van der Waals surface area contributed by atoms with Crippen molar-refractivity contribution >= 4 is 22.8 Å². The molecule has 0 saturated heterocycles. The molecule has 4 heteroatoms. The number of aryl methyl sites for hydroxylation is 1. The van der Waals surface area contributed by atoms with Gasteiger partial charge in [-0.15, -0.1) is 11.8 Å². The van der Waals surface area contributed by atoms with Crippen LogP contribution >= 0.6 is 11.8 Å². The molecule has 13 heavy (non-hydrogen) atoms. The second-order valence-electron chi connectivity index (χ2n) is 3.10. The number of thioether (sulfide) groups is 1. The van der Waals surface area contributed by atoms with Crippen LogP contribution in [-0.2, 0) is 6.54 Å². The molecule has 66 valence electrons. The van der Waals surface area contributed by atoms with Crippen LogP contribution in [0.15, 0.2) is 23.4 Å². The lowest BCUT2D eigenvalue weighted by atomic mass is 10.4. The lowest BCUT2D eigenvalue weighted by molar-refractivity contribution is 0.554. The van der Waals surface area contributed by atoms with Crippen LogP contribution in [0.3, 0.4) is 0 Å². The molecular formula is C9H9N3S. The molecule has 0 N–H and O–H groups in total. The van der Waals surface area contributed by atoms with Gasteiger partial charge in [0.25, 0.3) is 0 Å². The van der Waals surface area contributed by atoms with Crippen molar-refractivity contribution in [2.24, 2.45) is 0 Å². The van der Waals surface area contributed by atoms with Gasteiger partial charge in [-0.1, -0.05) is 0 Å². The van der Waals surface area contributed by atoms with E-state index in [-0.39, 0.29) is 0 Å². The van der Waals surface area contributed by atoms with Crippen molar-refractivity contribution in [2.75, 3.05) is 5.75 Å². The van der Waals surface area contributed by atoms with Crippen LogP contribution in [0.25, 0.3) is 11.0 Å². The third-order valence-electron chi connectivity index (χ3n) is 2.20. The van der Waals surface area contributed by atoms with Crippen molar-refractivity contribution in [1.29, 1.82) is 0 Å². The number of hydrogen-bond acceptors (Lipinski definition) is 3. The van der Waals surface area contributed by atoms with Crippen molar-refractivity contribution in [3.8, 4) is 0 Å². The first-order valence-electron chi connectivity index (χ1n) is 4.39. The Morgan fingerprint density at radius 1 is 1.46 bits per heavy atom. The maximum Gasteiger partial charge on any atom is 0.122 e. The first-order chi connectivity index (χ1) is 6.45. The maximum absolute atomic E-state index is 4.49. The molecule has 2 aromatic heterocycles. The Kier molecular flexibility index (Phi) is 1.55. The predicted molar refractivity (Wildman–Crippen MR) is 52.9 cm³/mol. The summed E-state index contributed by atoms with van der Waals surface area (Å²) < 4.78 is 2.08. The van der Waals surface area contributed by atoms with E-state index in [0.29, 0.717) is 0 Å². The Bertz CT molecular complexity index is 449. The van der Waals surface area contributed by atoms with E-state index in [0.717, 1.165) is 17.6 Å². The highest BCUT2D eigenvalue weighted by Crippen LogP contribution is 2.30. The molecule has 0 spiro atoms. The van der Waals surface area contributed by atoms with E-state index in [9.17, 15) is 0 Å². The van der Waals surface area contributed by atoms with Crippen molar-refractivity contribution < 1.29 is 0 Å². The molecule has 0 aromatic carbocycles. The van der Waals surface area contributed by atoms with E-state index in [1.807, 2.05) is 30.1 Å². The lowest BCUT2D eigenvalue weighted by Crippen LogP contribution is -2.07. The zero-order valence-electron chi connectivity index (χ0n) is 7.10. The van der Waals surface area contributed by atoms with Gasteiger partial charge >= 0.3 is 0 Å². The zero-order chi connectivity index (χ0) is 8.67. The van der Waals surface area contributed by atoms with Crippen molar-refractivity contribution in [2.45, 2.75) is 18.0 Å². The Morgan fingerprint density at radius 2 is 2.46 bits per heavy atom. The van der Waals surface area contributed by atoms with Gasteiger partial charge in [0.15, 0.2) is 0 Å². The normalized spacial score (nSPS) is 16.0. The van der Waals surface area contributed by atoms with Crippen LogP contribution in [0, 0.1) is 0 Å². The number of aromatic nitrogens is 3. The molecular weight excluding hydrogens is 182 g/mol. The van der Waals surface area contributed by atoms with Crippen LogP contribution in [-0.4, -0.2) is 20.5 Å². The molecule has 3 rings (SSSR count). The Morgan fingerprint density at radius 3 is 3.46 bits per heavy atom. The van der Waals surface area contributed by atoms with Gasteiger partial charge < -0.3 is 0 Å². The Balaban J connectivity index is 2.34. The summed E-state index contributed by atoms with van der Waals surface area (Å²) in [5.74, 6) is 1.19. The second-order valence-corrected chi connectivity index (χ2v) is 4.19. The van der Waals surface area contributed by atoms with Crippen LogP contribution in [0.2, 0.25) is 0 Å². The average Bonchev–Trinajstić information content (AvgIpc) is 2.56. The number of fused-ring (bicyclic) bond motifs is 3. The summed E-state index contributed by atoms with van der Waals surface area (Å²) in [7, 11) is 0. The fourth-order valence-corrected chi connectivity index (χ4v) is 2.66. The molecule has 0 atom stereocenters. The van der Waals surface area contributed by atoms with Gasteiger partial charge in [0, 0.05) is 18.5 Å². The summed E-state index contributed by atoms with van der Waals surface area (Å²) >= 11 is 1.86. The molecule has 0 radical (unpaired) electrons. The Labute approximate surface area is 80.2 Å². The molecule has 2 aromatic rings. The summed E-state index contributed by atoms with van der Waals surface area (Å²) in [5, 5.41) is 5.72. The molecule has 0 saturated carbocycles. The van der Waals surface area contributed by atoms with Gasteiger partial charge in [0.1, 0.15) is 16.1 Å². The van der Waals surface area contributed by atoms with Gasteiger partial charge in [-0.3, -0.25) is 9.67 Å². The van der Waals surface area contributed by atoms with Crippen molar-refractivity contribution in [3.05, 3.63) is 18.3 Å². The van der Waals surface area contributed by atoms with Crippen molar-refractivity contribution in [3.63, 3.8) is 0 Å². The molecule has 0 bridgehead atoms. The van der Waals surface area contributed by atoms with Gasteiger partial charge in [-0.25, -0.2) is 0 Å². The first kappa shape index (κ1) is 7.38. The minimum absolute atomic E-state index is 1.02. The summed E-state index contributed by atoms with van der Waals surface area (Å²) in [5.41, 5.74) is 2.08. The topological polar surface area (TPSA) is 30.7 Å². The molecule has 0 unspecified atom stereocenters. The average molecular weight is 191 g/mol. The van der Waals surface area contributed by atoms with Crippen LogP contribution < -0.4 is 0 Å². The third-order valence-corrected chi connectivity index (χ3v) is 3.38. The fraction of sp³-hybridized carbons (Fsp3) is 0.333. The number of nitrogens with zero attached hydrogens (tertiary/aromatic N) is 3. The summed E-state index contributed by atoms with van der Waals surface area (Å²) in [6.45, 7) is 1.04. The van der Waals surface area contributed by atoms with E-state index in [2.05, 4.69) is 14.8 Å². The first-order valence-corrected chi connectivity index (χ1v) is 5.38. The molecule has 3 heterocycles. The SMILES string of the molecule is c1cnc2c3n(nc2c1)CCCS3. The molecule has 0 fully saturated rings. The minimum atomic E-state index is 1.02. The highest BCUT2D eigenvalue weighted by Gasteiger charge is 2.15. The highest BCUT2D eigenvalue weighted by molar-refractivity contribution is 7.99. The second kappa shape index (κ2) is 2.73. The van der Waals surface area contributed by atoms with Crippen LogP contribution in [0.5, 0.6) is 0 Å². The maximum atomic E-state index is 4.49. The summed E-state index contributed by atoms with van der Waals surface area (Å²) in [4.78, 5) is 4.35. The van der Waals surface area contributed by atoms with Crippen LogP contribution in [0.1, 0.15) is 6.42 Å². The van der Waals surface area contributed by atoms with Crippen LogP contribution in [0.4, 0.5) is 0 Å². The summed E-state index contributed by atoms with van der Waals surface area (Å²) in [6, 6.07) is 3.96.